The lowest BCUT2D eigenvalue weighted by Crippen LogP contribution is -2.23. The molecule has 0 saturated heterocycles. The first-order valence-corrected chi connectivity index (χ1v) is 11.7. The lowest BCUT2D eigenvalue weighted by Gasteiger charge is -2.16. The maximum absolute atomic E-state index is 12.5. The van der Waals surface area contributed by atoms with Gasteiger partial charge in [-0.3, -0.25) is 0 Å². The fourth-order valence-corrected chi connectivity index (χ4v) is 3.10. The number of aromatic nitrogens is 2. The molecule has 0 amide bonds. The molecule has 4 N–H and O–H groups in total. The van der Waals surface area contributed by atoms with Gasteiger partial charge >= 0.3 is 6.15 Å². The van der Waals surface area contributed by atoms with Crippen LogP contribution in [0.15, 0.2) is 53.1 Å². The van der Waals surface area contributed by atoms with Crippen LogP contribution in [0.25, 0.3) is 0 Å². The van der Waals surface area contributed by atoms with E-state index in [1.54, 1.807) is 12.3 Å². The summed E-state index contributed by atoms with van der Waals surface area (Å²) in [6, 6.07) is 12.7. The Hall–Kier alpha value is -3.17. The second-order valence-corrected chi connectivity index (χ2v) is 8.34. The molecule has 3 aromatic rings. The molecule has 1 atom stereocenters. The van der Waals surface area contributed by atoms with Gasteiger partial charge in [-0.25, -0.2) is 9.37 Å². The lowest BCUT2D eigenvalue weighted by atomic mass is 10.1. The van der Waals surface area contributed by atoms with Crippen molar-refractivity contribution >= 4 is 39.5 Å². The van der Waals surface area contributed by atoms with Crippen LogP contribution in [-0.2, 0) is 16.1 Å². The predicted octanol–water partition coefficient (Wildman–Crippen LogP) is 4.74. The number of anilines is 3. The molecule has 3 rings (SSSR count). The first kappa shape index (κ1) is 29.9. The van der Waals surface area contributed by atoms with Crippen molar-refractivity contribution in [2.24, 2.45) is 0 Å². The molecule has 8 nitrogen and oxygen atoms in total. The zero-order chi connectivity index (χ0) is 26.2. The molecule has 0 saturated carbocycles. The monoisotopic (exact) mass is 547 g/mol. The molecule has 1 heterocycles. The van der Waals surface area contributed by atoms with E-state index in [2.05, 4.69) is 67.8 Å². The third kappa shape index (κ3) is 11.2. The van der Waals surface area contributed by atoms with Crippen LogP contribution in [0.3, 0.4) is 0 Å². The van der Waals surface area contributed by atoms with E-state index in [1.807, 2.05) is 26.1 Å². The van der Waals surface area contributed by atoms with E-state index in [9.17, 15) is 9.50 Å². The van der Waals surface area contributed by atoms with E-state index in [-0.39, 0.29) is 24.6 Å². The van der Waals surface area contributed by atoms with Crippen molar-refractivity contribution in [2.45, 2.75) is 39.8 Å². The number of hydrogen-bond acceptors (Lipinski definition) is 8. The number of nitrogens with zero attached hydrogens (tertiary/aromatic N) is 2. The Kier molecular flexibility index (Phi) is 14.0. The average Bonchev–Trinajstić information content (AvgIpc) is 2.83. The van der Waals surface area contributed by atoms with Crippen molar-refractivity contribution in [3.63, 3.8) is 0 Å². The maximum Gasteiger partial charge on any atom is 0.373 e. The Morgan fingerprint density at radius 3 is 2.43 bits per heavy atom. The number of aliphatic hydroxyl groups excluding tert-OH is 1. The van der Waals surface area contributed by atoms with E-state index in [0.29, 0.717) is 11.8 Å². The smallest absolute Gasteiger partial charge is 0.373 e. The van der Waals surface area contributed by atoms with Gasteiger partial charge in [0, 0.05) is 18.4 Å². The number of halogens is 2. The minimum atomic E-state index is -0.173. The van der Waals surface area contributed by atoms with Crippen LogP contribution in [0.4, 0.5) is 21.8 Å². The summed E-state index contributed by atoms with van der Waals surface area (Å²) in [6.07, 6.45) is 2.76. The molecule has 1 unspecified atom stereocenters. The minimum Gasteiger partial charge on any atom is -0.394 e. The molecule has 0 aliphatic rings. The largest absolute Gasteiger partial charge is 0.394 e. The van der Waals surface area contributed by atoms with Crippen LogP contribution < -0.4 is 16.0 Å². The Labute approximate surface area is 213 Å². The third-order valence-electron chi connectivity index (χ3n) is 4.83. The minimum absolute atomic E-state index is 0.0272. The van der Waals surface area contributed by atoms with Crippen molar-refractivity contribution in [3.05, 3.63) is 75.6 Å². The molecule has 188 valence electrons. The first-order chi connectivity index (χ1) is 16.8. The quantitative estimate of drug-likeness (QED) is 0.319. The van der Waals surface area contributed by atoms with Crippen LogP contribution in [0, 0.1) is 19.7 Å². The molecule has 2 aromatic carbocycles. The van der Waals surface area contributed by atoms with Gasteiger partial charge in [-0.05, 0) is 84.2 Å². The van der Waals surface area contributed by atoms with Crippen molar-refractivity contribution in [1.82, 2.24) is 15.3 Å². The van der Waals surface area contributed by atoms with Gasteiger partial charge in [-0.1, -0.05) is 25.1 Å². The van der Waals surface area contributed by atoms with E-state index in [0.717, 1.165) is 28.7 Å². The third-order valence-corrected chi connectivity index (χ3v) is 5.41. The van der Waals surface area contributed by atoms with Crippen LogP contribution in [-0.4, -0.2) is 40.9 Å². The molecule has 0 aliphatic heterocycles. The molecular weight excluding hydrogens is 517 g/mol. The zero-order valence-corrected chi connectivity index (χ0v) is 21.8. The summed E-state index contributed by atoms with van der Waals surface area (Å²) >= 11 is 3.43. The maximum atomic E-state index is 12.5. The van der Waals surface area contributed by atoms with Crippen LogP contribution in [0.1, 0.15) is 30.0 Å². The normalized spacial score (nSPS) is 10.6. The number of aryl methyl sites for hydroxylation is 2. The zero-order valence-electron chi connectivity index (χ0n) is 20.2. The lowest BCUT2D eigenvalue weighted by molar-refractivity contribution is -0.191. The fourth-order valence-electron chi connectivity index (χ4n) is 2.80. The Morgan fingerprint density at radius 1 is 1.14 bits per heavy atom. The van der Waals surface area contributed by atoms with Crippen molar-refractivity contribution < 1.29 is 19.1 Å². The van der Waals surface area contributed by atoms with Gasteiger partial charge in [-0.2, -0.15) is 14.6 Å². The number of aliphatic hydroxyl groups is 1. The number of hydrogen-bond donors (Lipinski definition) is 4. The van der Waals surface area contributed by atoms with Crippen LogP contribution in [0.2, 0.25) is 0 Å². The van der Waals surface area contributed by atoms with Gasteiger partial charge in [0.25, 0.3) is 0 Å². The first-order valence-electron chi connectivity index (χ1n) is 10.9. The molecule has 0 fully saturated rings. The van der Waals surface area contributed by atoms with E-state index >= 15 is 0 Å². The summed E-state index contributed by atoms with van der Waals surface area (Å²) in [7, 11) is 1.84. The summed E-state index contributed by atoms with van der Waals surface area (Å²) in [5.41, 5.74) is 4.39. The summed E-state index contributed by atoms with van der Waals surface area (Å²) in [5, 5.41) is 18.7. The van der Waals surface area contributed by atoms with Crippen LogP contribution >= 0.6 is 15.9 Å². The van der Waals surface area contributed by atoms with Crippen molar-refractivity contribution in [2.75, 3.05) is 24.3 Å². The molecule has 35 heavy (non-hydrogen) atoms. The Bertz CT molecular complexity index is 1090. The van der Waals surface area contributed by atoms with Gasteiger partial charge in [0.15, 0.2) is 0 Å². The molecular formula is C25H31BrFN5O3. The van der Waals surface area contributed by atoms with Gasteiger partial charge in [0.1, 0.15) is 11.6 Å². The number of rotatable bonds is 8. The molecule has 0 bridgehead atoms. The molecule has 1 aromatic heterocycles. The van der Waals surface area contributed by atoms with Gasteiger partial charge < -0.3 is 21.1 Å². The molecule has 0 aliphatic carbocycles. The number of benzene rings is 2. The molecule has 10 heteroatoms. The number of nitrogens with one attached hydrogen (secondary N) is 3. The summed E-state index contributed by atoms with van der Waals surface area (Å²) < 4.78 is 13.2. The van der Waals surface area contributed by atoms with E-state index in [4.69, 9.17) is 9.59 Å². The van der Waals surface area contributed by atoms with E-state index in [1.165, 1.54) is 23.3 Å². The average molecular weight is 548 g/mol. The van der Waals surface area contributed by atoms with Gasteiger partial charge in [0.2, 0.25) is 5.95 Å². The highest BCUT2D eigenvalue weighted by atomic mass is 79.9. The topological polar surface area (TPSA) is 116 Å². The van der Waals surface area contributed by atoms with Gasteiger partial charge in [-0.15, -0.1) is 0 Å². The molecule has 0 radical (unpaired) electrons. The Morgan fingerprint density at radius 2 is 1.86 bits per heavy atom. The highest BCUT2D eigenvalue weighted by Gasteiger charge is 2.10. The summed E-state index contributed by atoms with van der Waals surface area (Å²) in [5.74, 6) is 1.01. The van der Waals surface area contributed by atoms with Crippen molar-refractivity contribution in [3.8, 4) is 0 Å². The second-order valence-electron chi connectivity index (χ2n) is 7.49. The highest BCUT2D eigenvalue weighted by Crippen LogP contribution is 2.23. The number of carbonyl (C=O) groups excluding carboxylic acids is 2. The highest BCUT2D eigenvalue weighted by molar-refractivity contribution is 9.10. The Balaban J connectivity index is 0.000000391. The fraction of sp³-hybridized carbons (Fsp3) is 0.320. The second kappa shape index (κ2) is 16.5. The summed E-state index contributed by atoms with van der Waals surface area (Å²) in [4.78, 5) is 25.0. The van der Waals surface area contributed by atoms with Crippen LogP contribution in [0.5, 0.6) is 0 Å². The predicted molar refractivity (Wildman–Crippen MR) is 138 cm³/mol. The summed E-state index contributed by atoms with van der Waals surface area (Å²) in [6.45, 7) is 6.95. The molecule has 0 spiro atoms. The van der Waals surface area contributed by atoms with Gasteiger partial charge in [0.05, 0.1) is 17.1 Å². The van der Waals surface area contributed by atoms with Crippen molar-refractivity contribution in [1.29, 1.82) is 0 Å². The standard InChI is InChI=1S/C16H21BrN4O.C8H10FN.CO2/c1-4-12(9-22)19-15-14(17)8-18-16(21-15)20-13-6-5-10(2)11(3)7-13;1-10-6-7-3-2-4-8(9)5-7;2-1-3/h5-8,12,22H,4,9H2,1-3H3,(H2,18,19,20,21);2-5,10H,6H2,1H3;. The van der Waals surface area contributed by atoms with E-state index < -0.39 is 0 Å². The SMILES string of the molecule is CCC(CO)Nc1nc(Nc2ccc(C)c(C)c2)ncc1Br.CNCc1cccc(F)c1.O=C=O.